The van der Waals surface area contributed by atoms with Gasteiger partial charge in [0.15, 0.2) is 0 Å². The summed E-state index contributed by atoms with van der Waals surface area (Å²) in [5.74, 6) is 0. The van der Waals surface area contributed by atoms with E-state index in [1.165, 1.54) is 12.8 Å². The molecule has 0 aliphatic carbocycles. The molecule has 1 saturated heterocycles. The molecule has 0 unspecified atom stereocenters. The summed E-state index contributed by atoms with van der Waals surface area (Å²) in [5, 5.41) is 9.21. The molecule has 0 radical (unpaired) electrons. The molecule has 0 spiro atoms. The zero-order valence-electron chi connectivity index (χ0n) is 6.38. The molecule has 2 heterocycles. The van der Waals surface area contributed by atoms with Crippen LogP contribution in [-0.4, -0.2) is 30.5 Å². The number of rotatable bonds is 1. The number of hydrogen-bond acceptors (Lipinski definition) is 5. The quantitative estimate of drug-likeness (QED) is 0.455. The largest absolute Gasteiger partial charge is 0.317 e. The zero-order chi connectivity index (χ0) is 7.52. The SMILES string of the molecule is C1=NNNN1C1CCNCC1. The number of hydrazone groups is 1. The van der Waals surface area contributed by atoms with Gasteiger partial charge in [0, 0.05) is 0 Å². The molecule has 11 heavy (non-hydrogen) atoms. The maximum Gasteiger partial charge on any atom is 0.128 e. The molecule has 2 aliphatic heterocycles. The molecule has 0 aromatic rings. The predicted molar refractivity (Wildman–Crippen MR) is 42.5 cm³/mol. The summed E-state index contributed by atoms with van der Waals surface area (Å²) >= 11 is 0. The lowest BCUT2D eigenvalue weighted by Gasteiger charge is -2.29. The van der Waals surface area contributed by atoms with Crippen molar-refractivity contribution in [2.45, 2.75) is 18.9 Å². The monoisotopic (exact) mass is 155 g/mol. The average molecular weight is 155 g/mol. The Balaban J connectivity index is 1.87. The first-order valence-electron chi connectivity index (χ1n) is 4.00. The van der Waals surface area contributed by atoms with Crippen LogP contribution in [0.3, 0.4) is 0 Å². The minimum Gasteiger partial charge on any atom is -0.317 e. The van der Waals surface area contributed by atoms with E-state index in [1.54, 1.807) is 6.34 Å². The molecule has 3 N–H and O–H groups in total. The van der Waals surface area contributed by atoms with E-state index in [4.69, 9.17) is 0 Å². The topological polar surface area (TPSA) is 51.7 Å². The van der Waals surface area contributed by atoms with Crippen LogP contribution in [0, 0.1) is 0 Å². The van der Waals surface area contributed by atoms with Crippen molar-refractivity contribution < 1.29 is 0 Å². The summed E-state index contributed by atoms with van der Waals surface area (Å²) < 4.78 is 0. The van der Waals surface area contributed by atoms with Crippen LogP contribution in [0.15, 0.2) is 5.10 Å². The molecule has 1 fully saturated rings. The minimum absolute atomic E-state index is 0.593. The fourth-order valence-corrected chi connectivity index (χ4v) is 1.48. The highest BCUT2D eigenvalue weighted by Gasteiger charge is 2.20. The van der Waals surface area contributed by atoms with Crippen molar-refractivity contribution in [1.29, 1.82) is 0 Å². The molecule has 0 atom stereocenters. The third-order valence-corrected chi connectivity index (χ3v) is 2.13. The van der Waals surface area contributed by atoms with Crippen LogP contribution in [0.4, 0.5) is 0 Å². The van der Waals surface area contributed by atoms with E-state index in [-0.39, 0.29) is 0 Å². The smallest absolute Gasteiger partial charge is 0.128 e. The molecule has 5 heteroatoms. The Morgan fingerprint density at radius 2 is 2.18 bits per heavy atom. The van der Waals surface area contributed by atoms with Gasteiger partial charge in [-0.1, -0.05) is 0 Å². The Hall–Kier alpha value is -0.810. The van der Waals surface area contributed by atoms with E-state index in [0.717, 1.165) is 13.1 Å². The Morgan fingerprint density at radius 1 is 1.36 bits per heavy atom. The average Bonchev–Trinajstić information content (AvgIpc) is 2.58. The van der Waals surface area contributed by atoms with Crippen LogP contribution in [0.1, 0.15) is 12.8 Å². The van der Waals surface area contributed by atoms with E-state index in [1.807, 2.05) is 5.01 Å². The van der Waals surface area contributed by atoms with E-state index < -0.39 is 0 Å². The fourth-order valence-electron chi connectivity index (χ4n) is 1.48. The first-order valence-corrected chi connectivity index (χ1v) is 4.00. The third kappa shape index (κ3) is 1.44. The van der Waals surface area contributed by atoms with Crippen molar-refractivity contribution in [3.8, 4) is 0 Å². The van der Waals surface area contributed by atoms with Crippen molar-refractivity contribution >= 4 is 6.34 Å². The summed E-state index contributed by atoms with van der Waals surface area (Å²) in [7, 11) is 0. The summed E-state index contributed by atoms with van der Waals surface area (Å²) in [5.41, 5.74) is 5.65. The summed E-state index contributed by atoms with van der Waals surface area (Å²) in [4.78, 5) is 0. The van der Waals surface area contributed by atoms with Crippen molar-refractivity contribution in [3.05, 3.63) is 0 Å². The first kappa shape index (κ1) is 6.87. The van der Waals surface area contributed by atoms with Gasteiger partial charge < -0.3 is 5.32 Å². The van der Waals surface area contributed by atoms with Gasteiger partial charge in [-0.05, 0) is 25.9 Å². The highest BCUT2D eigenvalue weighted by Crippen LogP contribution is 2.08. The maximum absolute atomic E-state index is 3.86. The molecule has 0 aromatic carbocycles. The highest BCUT2D eigenvalue weighted by molar-refractivity contribution is 5.55. The minimum atomic E-state index is 0.593. The lowest BCUT2D eigenvalue weighted by Crippen LogP contribution is -2.48. The van der Waals surface area contributed by atoms with Gasteiger partial charge in [0.05, 0.1) is 6.04 Å². The van der Waals surface area contributed by atoms with E-state index in [2.05, 4.69) is 21.5 Å². The normalized spacial score (nSPS) is 25.6. The van der Waals surface area contributed by atoms with Gasteiger partial charge in [-0.2, -0.15) is 5.10 Å². The first-order chi connectivity index (χ1) is 5.47. The second kappa shape index (κ2) is 3.06. The molecule has 2 rings (SSSR count). The Morgan fingerprint density at radius 3 is 2.82 bits per heavy atom. The second-order valence-corrected chi connectivity index (χ2v) is 2.86. The number of piperidine rings is 1. The van der Waals surface area contributed by atoms with Crippen molar-refractivity contribution in [2.75, 3.05) is 13.1 Å². The van der Waals surface area contributed by atoms with Crippen LogP contribution in [0.25, 0.3) is 0 Å². The number of hydrogen-bond donors (Lipinski definition) is 3. The number of hydrazine groups is 2. The van der Waals surface area contributed by atoms with Gasteiger partial charge in [0.1, 0.15) is 6.34 Å². The number of nitrogens with one attached hydrogen (secondary N) is 3. The molecular formula is C6H13N5. The molecular weight excluding hydrogens is 142 g/mol. The van der Waals surface area contributed by atoms with Gasteiger partial charge in [-0.3, -0.25) is 5.01 Å². The second-order valence-electron chi connectivity index (χ2n) is 2.86. The molecule has 5 nitrogen and oxygen atoms in total. The van der Waals surface area contributed by atoms with E-state index >= 15 is 0 Å². The third-order valence-electron chi connectivity index (χ3n) is 2.13. The van der Waals surface area contributed by atoms with Crippen molar-refractivity contribution in [2.24, 2.45) is 5.10 Å². The molecule has 0 aromatic heterocycles. The Labute approximate surface area is 65.8 Å². The molecule has 2 aliphatic rings. The maximum atomic E-state index is 3.86. The lowest BCUT2D eigenvalue weighted by atomic mass is 10.1. The molecule has 0 saturated carbocycles. The summed E-state index contributed by atoms with van der Waals surface area (Å²) in [6.07, 6.45) is 4.16. The van der Waals surface area contributed by atoms with Crippen LogP contribution in [0.2, 0.25) is 0 Å². The van der Waals surface area contributed by atoms with E-state index in [9.17, 15) is 0 Å². The van der Waals surface area contributed by atoms with Gasteiger partial charge in [0.25, 0.3) is 0 Å². The van der Waals surface area contributed by atoms with E-state index in [0.29, 0.717) is 6.04 Å². The highest BCUT2D eigenvalue weighted by atomic mass is 15.8. The van der Waals surface area contributed by atoms with Gasteiger partial charge >= 0.3 is 0 Å². The Bertz CT molecular complexity index is 151. The fraction of sp³-hybridized carbons (Fsp3) is 0.833. The van der Waals surface area contributed by atoms with Crippen molar-refractivity contribution in [1.82, 2.24) is 21.4 Å². The van der Waals surface area contributed by atoms with Gasteiger partial charge in [-0.25, -0.2) is 5.53 Å². The molecule has 0 amide bonds. The summed E-state index contributed by atoms with van der Waals surface area (Å²) in [6.45, 7) is 2.22. The van der Waals surface area contributed by atoms with Crippen molar-refractivity contribution in [3.63, 3.8) is 0 Å². The number of nitrogens with zero attached hydrogens (tertiary/aromatic N) is 2. The van der Waals surface area contributed by atoms with Crippen LogP contribution in [0.5, 0.6) is 0 Å². The molecule has 62 valence electrons. The standard InChI is InChI=1S/C6H13N5/c1-3-7-4-2-6(1)11-5-8-9-10-11/h5-7,9-10H,1-4H2. The lowest BCUT2D eigenvalue weighted by molar-refractivity contribution is 0.189. The summed E-state index contributed by atoms with van der Waals surface area (Å²) in [6, 6.07) is 0.593. The van der Waals surface area contributed by atoms with Crippen LogP contribution >= 0.6 is 0 Å². The van der Waals surface area contributed by atoms with Gasteiger partial charge in [-0.15, -0.1) is 5.53 Å². The molecule has 0 bridgehead atoms. The van der Waals surface area contributed by atoms with Crippen LogP contribution < -0.4 is 16.4 Å². The van der Waals surface area contributed by atoms with Gasteiger partial charge in [0.2, 0.25) is 0 Å². The Kier molecular flexibility index (Phi) is 1.91. The zero-order valence-corrected chi connectivity index (χ0v) is 6.38. The predicted octanol–water partition coefficient (Wildman–Crippen LogP) is -0.993. The van der Waals surface area contributed by atoms with Crippen LogP contribution in [-0.2, 0) is 0 Å².